The number of urea groups is 1. The molecule has 1 aromatic rings. The van der Waals surface area contributed by atoms with Crippen LogP contribution < -0.4 is 10.6 Å². The SMILES string of the molecule is O=C(NCCCN1C(=O)c2ccc([N+](=O)[O-])cc2C1=O)NCCN1C(=O)CSC1=O. The van der Waals surface area contributed by atoms with Crippen LogP contribution >= 0.6 is 11.8 Å². The van der Waals surface area contributed by atoms with Crippen LogP contribution in [0.2, 0.25) is 0 Å². The van der Waals surface area contributed by atoms with Gasteiger partial charge in [-0.25, -0.2) is 4.79 Å². The van der Waals surface area contributed by atoms with Gasteiger partial charge in [0.05, 0.1) is 21.8 Å². The van der Waals surface area contributed by atoms with Crippen molar-refractivity contribution in [2.45, 2.75) is 6.42 Å². The summed E-state index contributed by atoms with van der Waals surface area (Å²) in [4.78, 5) is 71.5. The number of nitrogens with zero attached hydrogens (tertiary/aromatic N) is 3. The van der Waals surface area contributed by atoms with Crippen molar-refractivity contribution in [1.82, 2.24) is 20.4 Å². The van der Waals surface area contributed by atoms with E-state index in [1.807, 2.05) is 0 Å². The maximum atomic E-state index is 12.4. The van der Waals surface area contributed by atoms with Gasteiger partial charge in [0.15, 0.2) is 0 Å². The number of imide groups is 2. The van der Waals surface area contributed by atoms with Crippen molar-refractivity contribution in [3.05, 3.63) is 39.4 Å². The number of carbonyl (C=O) groups is 5. The van der Waals surface area contributed by atoms with Crippen molar-refractivity contribution in [3.63, 3.8) is 0 Å². The van der Waals surface area contributed by atoms with Gasteiger partial charge in [-0.15, -0.1) is 0 Å². The molecule has 6 amide bonds. The van der Waals surface area contributed by atoms with E-state index in [0.29, 0.717) is 0 Å². The fourth-order valence-corrected chi connectivity index (χ4v) is 3.73. The lowest BCUT2D eigenvalue weighted by Gasteiger charge is -2.15. The molecule has 0 aliphatic carbocycles. The van der Waals surface area contributed by atoms with Gasteiger partial charge in [0.1, 0.15) is 0 Å². The first-order valence-corrected chi connectivity index (χ1v) is 9.91. The molecule has 0 spiro atoms. The van der Waals surface area contributed by atoms with Crippen LogP contribution in [0.5, 0.6) is 0 Å². The van der Waals surface area contributed by atoms with Gasteiger partial charge in [-0.05, 0) is 12.5 Å². The van der Waals surface area contributed by atoms with E-state index in [9.17, 15) is 34.1 Å². The highest BCUT2D eigenvalue weighted by molar-refractivity contribution is 8.14. The van der Waals surface area contributed by atoms with Crippen LogP contribution in [0.1, 0.15) is 27.1 Å². The Morgan fingerprint density at radius 2 is 1.73 bits per heavy atom. The maximum absolute atomic E-state index is 12.4. The van der Waals surface area contributed by atoms with Gasteiger partial charge in [0.2, 0.25) is 5.91 Å². The number of thioether (sulfide) groups is 1. The highest BCUT2D eigenvalue weighted by atomic mass is 32.2. The first kappa shape index (κ1) is 21.2. The van der Waals surface area contributed by atoms with E-state index >= 15 is 0 Å². The van der Waals surface area contributed by atoms with E-state index in [-0.39, 0.29) is 66.3 Å². The van der Waals surface area contributed by atoms with E-state index in [1.54, 1.807) is 0 Å². The van der Waals surface area contributed by atoms with E-state index < -0.39 is 22.8 Å². The summed E-state index contributed by atoms with van der Waals surface area (Å²) in [6.07, 6.45) is 0.278. The van der Waals surface area contributed by atoms with Crippen LogP contribution in [-0.2, 0) is 4.79 Å². The highest BCUT2D eigenvalue weighted by Gasteiger charge is 2.36. The third-order valence-corrected chi connectivity index (χ3v) is 5.33. The highest BCUT2D eigenvalue weighted by Crippen LogP contribution is 2.26. The number of hydrogen-bond donors (Lipinski definition) is 2. The molecule has 0 radical (unpaired) electrons. The molecular formula is C17H17N5O7S. The summed E-state index contributed by atoms with van der Waals surface area (Å²) in [5.74, 6) is -1.33. The minimum atomic E-state index is -0.641. The fraction of sp³-hybridized carbons (Fsp3) is 0.353. The Morgan fingerprint density at radius 1 is 1.03 bits per heavy atom. The van der Waals surface area contributed by atoms with E-state index in [0.717, 1.165) is 27.6 Å². The van der Waals surface area contributed by atoms with E-state index in [1.165, 1.54) is 12.1 Å². The van der Waals surface area contributed by atoms with Crippen LogP contribution in [0, 0.1) is 10.1 Å². The number of amides is 6. The van der Waals surface area contributed by atoms with E-state index in [2.05, 4.69) is 10.6 Å². The maximum Gasteiger partial charge on any atom is 0.314 e. The summed E-state index contributed by atoms with van der Waals surface area (Å²) in [5.41, 5.74) is -0.171. The molecule has 3 rings (SSSR count). The quantitative estimate of drug-likeness (QED) is 0.259. The van der Waals surface area contributed by atoms with Crippen LogP contribution in [0.3, 0.4) is 0 Å². The third kappa shape index (κ3) is 4.40. The zero-order chi connectivity index (χ0) is 21.8. The van der Waals surface area contributed by atoms with Crippen LogP contribution in [0.25, 0.3) is 0 Å². The summed E-state index contributed by atoms with van der Waals surface area (Å²) in [5, 5.41) is 15.6. The molecule has 0 unspecified atom stereocenters. The van der Waals surface area contributed by atoms with Crippen molar-refractivity contribution in [3.8, 4) is 0 Å². The molecule has 12 nitrogen and oxygen atoms in total. The van der Waals surface area contributed by atoms with Gasteiger partial charge in [-0.3, -0.25) is 39.1 Å². The molecule has 0 bridgehead atoms. The normalized spacial score (nSPS) is 15.6. The zero-order valence-corrected chi connectivity index (χ0v) is 16.4. The number of nitro groups is 1. The number of fused-ring (bicyclic) bond motifs is 1. The molecule has 0 aromatic heterocycles. The largest absolute Gasteiger partial charge is 0.338 e. The molecule has 2 aliphatic rings. The van der Waals surface area contributed by atoms with E-state index in [4.69, 9.17) is 0 Å². The summed E-state index contributed by atoms with van der Waals surface area (Å²) in [6, 6.07) is 2.99. The lowest BCUT2D eigenvalue weighted by molar-refractivity contribution is -0.384. The Kier molecular flexibility index (Phi) is 6.30. The number of nitrogens with one attached hydrogen (secondary N) is 2. The molecule has 158 valence electrons. The van der Waals surface area contributed by atoms with Crippen LogP contribution in [-0.4, -0.2) is 75.6 Å². The van der Waals surface area contributed by atoms with Gasteiger partial charge in [-0.2, -0.15) is 0 Å². The van der Waals surface area contributed by atoms with Crippen molar-refractivity contribution in [2.75, 3.05) is 31.9 Å². The molecule has 2 heterocycles. The number of nitro benzene ring substituents is 1. The number of non-ortho nitro benzene ring substituents is 1. The minimum Gasteiger partial charge on any atom is -0.338 e. The number of rotatable bonds is 8. The molecule has 1 fully saturated rings. The molecule has 0 atom stereocenters. The summed E-state index contributed by atoms with van der Waals surface area (Å²) < 4.78 is 0. The molecule has 2 aliphatic heterocycles. The number of carbonyl (C=O) groups excluding carboxylic acids is 5. The topological polar surface area (TPSA) is 159 Å². The smallest absolute Gasteiger partial charge is 0.314 e. The number of hydrogen-bond acceptors (Lipinski definition) is 8. The summed E-state index contributed by atoms with van der Waals surface area (Å²) in [7, 11) is 0. The molecule has 13 heteroatoms. The second-order valence-electron chi connectivity index (χ2n) is 6.39. The van der Waals surface area contributed by atoms with Crippen molar-refractivity contribution in [2.24, 2.45) is 0 Å². The molecule has 1 saturated heterocycles. The average molecular weight is 435 g/mol. The van der Waals surface area contributed by atoms with Gasteiger partial charge < -0.3 is 10.6 Å². The number of benzene rings is 1. The molecule has 30 heavy (non-hydrogen) atoms. The fourth-order valence-electron chi connectivity index (χ4n) is 2.98. The second kappa shape index (κ2) is 8.90. The second-order valence-corrected chi connectivity index (χ2v) is 7.31. The standard InChI is InChI=1S/C17H17N5O7S/c23-13-9-30-17(27)20(13)7-5-19-16(26)18-4-1-6-21-14(24)11-3-2-10(22(28)29)8-12(11)15(21)25/h2-3,8H,1,4-7,9H2,(H2,18,19,26). The van der Waals surface area contributed by atoms with Gasteiger partial charge in [0.25, 0.3) is 22.7 Å². The Morgan fingerprint density at radius 3 is 2.40 bits per heavy atom. The lowest BCUT2D eigenvalue weighted by atomic mass is 10.1. The van der Waals surface area contributed by atoms with Crippen molar-refractivity contribution >= 4 is 46.4 Å². The Balaban J connectivity index is 1.40. The average Bonchev–Trinajstić information content (AvgIpc) is 3.16. The van der Waals surface area contributed by atoms with Crippen molar-refractivity contribution < 1.29 is 28.9 Å². The molecule has 0 saturated carbocycles. The van der Waals surface area contributed by atoms with Crippen LogP contribution in [0.15, 0.2) is 18.2 Å². The van der Waals surface area contributed by atoms with Gasteiger partial charge >= 0.3 is 6.03 Å². The predicted octanol–water partition coefficient (Wildman–Crippen LogP) is 0.576. The van der Waals surface area contributed by atoms with Gasteiger partial charge in [-0.1, -0.05) is 11.8 Å². The zero-order valence-electron chi connectivity index (χ0n) is 15.6. The summed E-state index contributed by atoms with van der Waals surface area (Å²) >= 11 is 0.915. The van der Waals surface area contributed by atoms with Gasteiger partial charge in [0, 0.05) is 38.3 Å². The predicted molar refractivity (Wildman–Crippen MR) is 104 cm³/mol. The van der Waals surface area contributed by atoms with Crippen LogP contribution in [0.4, 0.5) is 15.3 Å². The molecule has 2 N–H and O–H groups in total. The molecule has 1 aromatic carbocycles. The first-order valence-electron chi connectivity index (χ1n) is 8.93. The first-order chi connectivity index (χ1) is 14.3. The summed E-state index contributed by atoms with van der Waals surface area (Å²) in [6.45, 7) is 0.381. The lowest BCUT2D eigenvalue weighted by Crippen LogP contribution is -2.42. The van der Waals surface area contributed by atoms with Crippen molar-refractivity contribution in [1.29, 1.82) is 0 Å². The third-order valence-electron chi connectivity index (χ3n) is 4.47. The minimum absolute atomic E-state index is 0.0101. The molecular weight excluding hydrogens is 418 g/mol. The monoisotopic (exact) mass is 435 g/mol. The Labute approximate surface area is 174 Å². The Bertz CT molecular complexity index is 934. The Hall–Kier alpha value is -3.48.